The SMILES string of the molecule is N#Cc1cc(F)cc(Oc2ccc(Br)c3c2CC(F)(F)C3O)c1. The number of halogens is 4. The first-order valence-corrected chi connectivity index (χ1v) is 7.37. The summed E-state index contributed by atoms with van der Waals surface area (Å²) in [5.74, 6) is -3.85. The van der Waals surface area contributed by atoms with Crippen LogP contribution in [0.2, 0.25) is 0 Å². The summed E-state index contributed by atoms with van der Waals surface area (Å²) in [6.45, 7) is 0. The van der Waals surface area contributed by atoms with Crippen molar-refractivity contribution < 1.29 is 23.0 Å². The van der Waals surface area contributed by atoms with Gasteiger partial charge in [0, 0.05) is 28.1 Å². The lowest BCUT2D eigenvalue weighted by atomic mass is 10.1. The van der Waals surface area contributed by atoms with E-state index in [1.807, 2.05) is 0 Å². The van der Waals surface area contributed by atoms with Gasteiger partial charge in [0.15, 0.2) is 0 Å². The third-order valence-electron chi connectivity index (χ3n) is 3.58. The van der Waals surface area contributed by atoms with Gasteiger partial charge >= 0.3 is 0 Å². The van der Waals surface area contributed by atoms with Gasteiger partial charge in [0.1, 0.15) is 23.4 Å². The highest BCUT2D eigenvalue weighted by Crippen LogP contribution is 2.49. The summed E-state index contributed by atoms with van der Waals surface area (Å²) in [5, 5.41) is 18.6. The van der Waals surface area contributed by atoms with Gasteiger partial charge in [-0.1, -0.05) is 15.9 Å². The molecule has 0 saturated heterocycles. The van der Waals surface area contributed by atoms with Crippen molar-refractivity contribution in [3.8, 4) is 17.6 Å². The Kier molecular flexibility index (Phi) is 3.82. The second-order valence-electron chi connectivity index (χ2n) is 5.17. The fourth-order valence-electron chi connectivity index (χ4n) is 2.55. The Morgan fingerprint density at radius 1 is 1.30 bits per heavy atom. The van der Waals surface area contributed by atoms with E-state index in [-0.39, 0.29) is 28.2 Å². The van der Waals surface area contributed by atoms with Gasteiger partial charge < -0.3 is 9.84 Å². The van der Waals surface area contributed by atoms with Gasteiger partial charge in [0.2, 0.25) is 0 Å². The molecular weight excluding hydrogens is 375 g/mol. The highest BCUT2D eigenvalue weighted by Gasteiger charge is 2.49. The zero-order valence-corrected chi connectivity index (χ0v) is 13.1. The molecule has 0 fully saturated rings. The first-order chi connectivity index (χ1) is 10.8. The number of fused-ring (bicyclic) bond motifs is 1. The molecular formula is C16H9BrF3NO2. The number of nitriles is 1. The number of aliphatic hydroxyl groups is 1. The Labute approximate surface area is 138 Å². The second kappa shape index (κ2) is 5.55. The molecule has 0 spiro atoms. The lowest BCUT2D eigenvalue weighted by Gasteiger charge is -2.14. The molecule has 2 aromatic carbocycles. The van der Waals surface area contributed by atoms with Gasteiger partial charge in [-0.05, 0) is 24.3 Å². The molecule has 0 aliphatic heterocycles. The van der Waals surface area contributed by atoms with Crippen molar-refractivity contribution in [1.29, 1.82) is 5.26 Å². The van der Waals surface area contributed by atoms with E-state index >= 15 is 0 Å². The molecule has 1 N–H and O–H groups in total. The van der Waals surface area contributed by atoms with Gasteiger partial charge in [0.05, 0.1) is 11.6 Å². The molecule has 0 heterocycles. The Hall–Kier alpha value is -2.04. The molecule has 0 radical (unpaired) electrons. The van der Waals surface area contributed by atoms with E-state index in [0.717, 1.165) is 12.1 Å². The smallest absolute Gasteiger partial charge is 0.281 e. The number of nitrogens with zero attached hydrogens (tertiary/aromatic N) is 1. The molecule has 3 rings (SSSR count). The summed E-state index contributed by atoms with van der Waals surface area (Å²) in [6.07, 6.45) is -2.61. The van der Waals surface area contributed by atoms with Crippen molar-refractivity contribution in [2.45, 2.75) is 18.4 Å². The van der Waals surface area contributed by atoms with E-state index in [2.05, 4.69) is 15.9 Å². The highest BCUT2D eigenvalue weighted by molar-refractivity contribution is 9.10. The minimum atomic E-state index is -3.30. The Morgan fingerprint density at radius 2 is 2.04 bits per heavy atom. The van der Waals surface area contributed by atoms with Crippen LogP contribution in [0.15, 0.2) is 34.8 Å². The van der Waals surface area contributed by atoms with Gasteiger partial charge in [-0.2, -0.15) is 5.26 Å². The topological polar surface area (TPSA) is 53.2 Å². The second-order valence-corrected chi connectivity index (χ2v) is 6.02. The Bertz CT molecular complexity index is 833. The molecule has 23 heavy (non-hydrogen) atoms. The number of hydrogen-bond acceptors (Lipinski definition) is 3. The molecule has 0 bridgehead atoms. The van der Waals surface area contributed by atoms with Crippen LogP contribution in [0.5, 0.6) is 11.5 Å². The molecule has 2 aromatic rings. The van der Waals surface area contributed by atoms with E-state index in [9.17, 15) is 18.3 Å². The van der Waals surface area contributed by atoms with Crippen LogP contribution in [-0.2, 0) is 6.42 Å². The van der Waals surface area contributed by atoms with Gasteiger partial charge in [-0.25, -0.2) is 13.2 Å². The average molecular weight is 384 g/mol. The lowest BCUT2D eigenvalue weighted by Crippen LogP contribution is -2.21. The van der Waals surface area contributed by atoms with Crippen molar-refractivity contribution in [2.24, 2.45) is 0 Å². The molecule has 0 saturated carbocycles. The van der Waals surface area contributed by atoms with Crippen molar-refractivity contribution in [3.05, 3.63) is 57.3 Å². The molecule has 0 amide bonds. The number of aliphatic hydroxyl groups excluding tert-OH is 1. The van der Waals surface area contributed by atoms with E-state index in [1.54, 1.807) is 6.07 Å². The van der Waals surface area contributed by atoms with Gasteiger partial charge in [0.25, 0.3) is 5.92 Å². The number of rotatable bonds is 2. The minimum Gasteiger partial charge on any atom is -0.457 e. The number of alkyl halides is 2. The van der Waals surface area contributed by atoms with Crippen LogP contribution in [0, 0.1) is 17.1 Å². The maximum absolute atomic E-state index is 13.8. The quantitative estimate of drug-likeness (QED) is 0.831. The van der Waals surface area contributed by atoms with E-state index in [4.69, 9.17) is 10.00 Å². The monoisotopic (exact) mass is 383 g/mol. The first kappa shape index (κ1) is 15.8. The molecule has 1 aliphatic rings. The number of ether oxygens (including phenoxy) is 1. The summed E-state index contributed by atoms with van der Waals surface area (Å²) >= 11 is 3.14. The minimum absolute atomic E-state index is 0.0239. The van der Waals surface area contributed by atoms with Crippen molar-refractivity contribution in [2.75, 3.05) is 0 Å². The average Bonchev–Trinajstić information content (AvgIpc) is 2.73. The summed E-state index contributed by atoms with van der Waals surface area (Å²) in [7, 11) is 0. The van der Waals surface area contributed by atoms with Crippen LogP contribution in [0.25, 0.3) is 0 Å². The standard InChI is InChI=1S/C16H9BrF3NO2/c17-12-1-2-13(11-6-16(19,20)15(22)14(11)12)23-10-4-8(7-21)3-9(18)5-10/h1-5,15,22H,6H2. The summed E-state index contributed by atoms with van der Waals surface area (Å²) < 4.78 is 46.8. The van der Waals surface area contributed by atoms with E-state index < -0.39 is 24.3 Å². The Morgan fingerprint density at radius 3 is 2.74 bits per heavy atom. The summed E-state index contributed by atoms with van der Waals surface area (Å²) in [5.41, 5.74) is 0.267. The van der Waals surface area contributed by atoms with Crippen LogP contribution in [0.3, 0.4) is 0 Å². The third kappa shape index (κ3) is 2.80. The zero-order chi connectivity index (χ0) is 16.8. The fourth-order valence-corrected chi connectivity index (χ4v) is 3.13. The zero-order valence-electron chi connectivity index (χ0n) is 11.5. The molecule has 3 nitrogen and oxygen atoms in total. The van der Waals surface area contributed by atoms with Crippen LogP contribution in [0.4, 0.5) is 13.2 Å². The molecule has 118 valence electrons. The van der Waals surface area contributed by atoms with E-state index in [0.29, 0.717) is 4.47 Å². The first-order valence-electron chi connectivity index (χ1n) is 6.57. The molecule has 0 aromatic heterocycles. The third-order valence-corrected chi connectivity index (χ3v) is 4.27. The summed E-state index contributed by atoms with van der Waals surface area (Å²) in [4.78, 5) is 0. The van der Waals surface area contributed by atoms with Crippen LogP contribution in [0.1, 0.15) is 22.8 Å². The van der Waals surface area contributed by atoms with Crippen LogP contribution in [-0.4, -0.2) is 11.0 Å². The Balaban J connectivity index is 2.04. The van der Waals surface area contributed by atoms with Gasteiger partial charge in [-0.3, -0.25) is 0 Å². The van der Waals surface area contributed by atoms with Crippen molar-refractivity contribution in [3.63, 3.8) is 0 Å². The van der Waals surface area contributed by atoms with Crippen molar-refractivity contribution in [1.82, 2.24) is 0 Å². The lowest BCUT2D eigenvalue weighted by molar-refractivity contribution is -0.0970. The predicted octanol–water partition coefficient (Wildman–Crippen LogP) is 4.48. The predicted molar refractivity (Wildman–Crippen MR) is 78.9 cm³/mol. The fraction of sp³-hybridized carbons (Fsp3) is 0.188. The van der Waals surface area contributed by atoms with Crippen LogP contribution >= 0.6 is 15.9 Å². The molecule has 1 aliphatic carbocycles. The largest absolute Gasteiger partial charge is 0.457 e. The maximum atomic E-state index is 13.8. The molecule has 7 heteroatoms. The number of hydrogen-bond donors (Lipinski definition) is 1. The molecule has 1 unspecified atom stereocenters. The number of benzene rings is 2. The summed E-state index contributed by atoms with van der Waals surface area (Å²) in [6, 6.07) is 8.12. The van der Waals surface area contributed by atoms with Crippen LogP contribution < -0.4 is 4.74 Å². The maximum Gasteiger partial charge on any atom is 0.281 e. The van der Waals surface area contributed by atoms with Crippen molar-refractivity contribution >= 4 is 15.9 Å². The van der Waals surface area contributed by atoms with E-state index in [1.165, 1.54) is 18.2 Å². The van der Waals surface area contributed by atoms with Gasteiger partial charge in [-0.15, -0.1) is 0 Å². The normalized spacial score (nSPS) is 18.3. The highest BCUT2D eigenvalue weighted by atomic mass is 79.9. The molecule has 1 atom stereocenters.